The third kappa shape index (κ3) is 7.22. The quantitative estimate of drug-likeness (QED) is 0.153. The minimum Gasteiger partial charge on any atom is -0.456 e. The maximum atomic E-state index is 9.62. The van der Waals surface area contributed by atoms with Crippen molar-refractivity contribution in [3.8, 4) is 95.9 Å². The smallest absolute Gasteiger partial charge is 0.164 e. The van der Waals surface area contributed by atoms with Crippen LogP contribution in [0, 0.1) is 11.3 Å². The van der Waals surface area contributed by atoms with Gasteiger partial charge in [0.25, 0.3) is 0 Å². The van der Waals surface area contributed by atoms with Gasteiger partial charge in [0.2, 0.25) is 0 Å². The van der Waals surface area contributed by atoms with E-state index in [-0.39, 0.29) is 0 Å². The summed E-state index contributed by atoms with van der Waals surface area (Å²) in [5.41, 5.74) is 15.6. The molecule has 0 aliphatic carbocycles. The van der Waals surface area contributed by atoms with Gasteiger partial charge in [-0.25, -0.2) is 15.0 Å². The lowest BCUT2D eigenvalue weighted by atomic mass is 9.92. The molecule has 11 aromatic rings. The molecule has 2 aromatic heterocycles. The average Bonchev–Trinajstić information content (AvgIpc) is 3.75. The fraction of sp³-hybridized carbons (Fsp3) is 0. The Morgan fingerprint density at radius 2 is 0.762 bits per heavy atom. The number of aromatic nitrogens is 3. The molecule has 0 radical (unpaired) electrons. The zero-order valence-electron chi connectivity index (χ0n) is 34.0. The van der Waals surface area contributed by atoms with Crippen molar-refractivity contribution >= 4 is 21.9 Å². The fourth-order valence-corrected chi connectivity index (χ4v) is 8.49. The SMILES string of the molecule is N#Cc1cccc(-c2cccc(-c3nc(-c4cccc(-c5cccc(-c6ccccc6)c5)c4)nc(-c4ccc5c(c4)oc4cccc(-c6ccccc6-c6ccccc6)c45)n3)c2)c1. The van der Waals surface area contributed by atoms with Gasteiger partial charge in [-0.1, -0.05) is 170 Å². The van der Waals surface area contributed by atoms with Crippen LogP contribution in [0.4, 0.5) is 0 Å². The number of fused-ring (bicyclic) bond motifs is 3. The summed E-state index contributed by atoms with van der Waals surface area (Å²) in [4.78, 5) is 15.5. The topological polar surface area (TPSA) is 75.6 Å². The first-order valence-electron chi connectivity index (χ1n) is 20.9. The number of nitriles is 1. The van der Waals surface area contributed by atoms with Crippen LogP contribution < -0.4 is 0 Å². The summed E-state index contributed by atoms with van der Waals surface area (Å²) in [7, 11) is 0. The lowest BCUT2D eigenvalue weighted by Crippen LogP contribution is -2.00. The predicted octanol–water partition coefficient (Wildman–Crippen LogP) is 15.0. The van der Waals surface area contributed by atoms with E-state index in [9.17, 15) is 5.26 Å². The first-order valence-corrected chi connectivity index (χ1v) is 20.9. The van der Waals surface area contributed by atoms with Gasteiger partial charge in [-0.3, -0.25) is 0 Å². The molecule has 0 unspecified atom stereocenters. The molecule has 0 aliphatic heterocycles. The van der Waals surface area contributed by atoms with Crippen LogP contribution in [0.1, 0.15) is 5.56 Å². The number of hydrogen-bond donors (Lipinski definition) is 0. The Hall–Kier alpha value is -8.72. The van der Waals surface area contributed by atoms with Gasteiger partial charge >= 0.3 is 0 Å². The van der Waals surface area contributed by atoms with E-state index in [1.54, 1.807) is 0 Å². The van der Waals surface area contributed by atoms with Gasteiger partial charge in [0.1, 0.15) is 11.2 Å². The number of rotatable bonds is 8. The van der Waals surface area contributed by atoms with Crippen LogP contribution in [0.25, 0.3) is 112 Å². The fourth-order valence-electron chi connectivity index (χ4n) is 8.49. The van der Waals surface area contributed by atoms with Crippen molar-refractivity contribution in [2.75, 3.05) is 0 Å². The Balaban J connectivity index is 1.05. The zero-order valence-corrected chi connectivity index (χ0v) is 34.0. The Kier molecular flexibility index (Phi) is 9.50. The highest BCUT2D eigenvalue weighted by atomic mass is 16.3. The van der Waals surface area contributed by atoms with Gasteiger partial charge in [0.05, 0.1) is 11.6 Å². The highest BCUT2D eigenvalue weighted by molar-refractivity contribution is 6.14. The van der Waals surface area contributed by atoms with Gasteiger partial charge in [-0.15, -0.1) is 0 Å². The van der Waals surface area contributed by atoms with E-state index in [1.165, 1.54) is 5.56 Å². The molecule has 0 amide bonds. The molecule has 63 heavy (non-hydrogen) atoms. The van der Waals surface area contributed by atoms with E-state index in [2.05, 4.69) is 158 Å². The Labute approximate surface area is 364 Å². The van der Waals surface area contributed by atoms with Crippen LogP contribution in [-0.4, -0.2) is 15.0 Å². The molecule has 0 aliphatic rings. The molecule has 0 spiro atoms. The molecular formula is C58H36N4O. The molecule has 0 N–H and O–H groups in total. The largest absolute Gasteiger partial charge is 0.456 e. The van der Waals surface area contributed by atoms with Crippen molar-refractivity contribution in [3.63, 3.8) is 0 Å². The summed E-state index contributed by atoms with van der Waals surface area (Å²) in [5.74, 6) is 1.62. The summed E-state index contributed by atoms with van der Waals surface area (Å²) >= 11 is 0. The first-order chi connectivity index (χ1) is 31.1. The molecule has 294 valence electrons. The van der Waals surface area contributed by atoms with E-state index in [4.69, 9.17) is 19.4 Å². The molecule has 9 aromatic carbocycles. The molecule has 0 saturated carbocycles. The van der Waals surface area contributed by atoms with Gasteiger partial charge in [-0.05, 0) is 104 Å². The van der Waals surface area contributed by atoms with Gasteiger partial charge in [-0.2, -0.15) is 5.26 Å². The van der Waals surface area contributed by atoms with Crippen LogP contribution >= 0.6 is 0 Å². The zero-order chi connectivity index (χ0) is 42.1. The van der Waals surface area contributed by atoms with Crippen LogP contribution in [0.15, 0.2) is 223 Å². The second-order valence-electron chi connectivity index (χ2n) is 15.5. The Morgan fingerprint density at radius 1 is 0.317 bits per heavy atom. The summed E-state index contributed by atoms with van der Waals surface area (Å²) < 4.78 is 6.65. The molecule has 0 atom stereocenters. The minimum absolute atomic E-state index is 0.528. The second-order valence-corrected chi connectivity index (χ2v) is 15.5. The number of nitrogens with zero attached hydrogens (tertiary/aromatic N) is 4. The molecule has 5 nitrogen and oxygen atoms in total. The predicted molar refractivity (Wildman–Crippen MR) is 255 cm³/mol. The third-order valence-corrected chi connectivity index (χ3v) is 11.6. The second kappa shape index (κ2) is 16.0. The number of furan rings is 1. The highest BCUT2D eigenvalue weighted by Crippen LogP contribution is 2.42. The molecule has 0 fully saturated rings. The molecule has 5 heteroatoms. The lowest BCUT2D eigenvalue weighted by Gasteiger charge is -2.12. The van der Waals surface area contributed by atoms with Crippen molar-refractivity contribution in [2.45, 2.75) is 0 Å². The maximum Gasteiger partial charge on any atom is 0.164 e. The van der Waals surface area contributed by atoms with E-state index in [1.807, 2.05) is 66.7 Å². The van der Waals surface area contributed by atoms with E-state index in [0.29, 0.717) is 23.0 Å². The minimum atomic E-state index is 0.528. The van der Waals surface area contributed by atoms with Crippen molar-refractivity contribution < 1.29 is 4.42 Å². The van der Waals surface area contributed by atoms with Crippen molar-refractivity contribution in [1.29, 1.82) is 5.26 Å². The molecular weight excluding hydrogens is 769 g/mol. The van der Waals surface area contributed by atoms with E-state index >= 15 is 0 Å². The maximum absolute atomic E-state index is 9.62. The van der Waals surface area contributed by atoms with E-state index < -0.39 is 0 Å². The van der Waals surface area contributed by atoms with Gasteiger partial charge < -0.3 is 4.42 Å². The normalized spacial score (nSPS) is 11.2. The van der Waals surface area contributed by atoms with Crippen LogP contribution in [0.3, 0.4) is 0 Å². The van der Waals surface area contributed by atoms with Crippen LogP contribution in [0.2, 0.25) is 0 Å². The Morgan fingerprint density at radius 3 is 1.38 bits per heavy atom. The molecule has 0 bridgehead atoms. The lowest BCUT2D eigenvalue weighted by molar-refractivity contribution is 0.669. The standard InChI is InChI=1S/C58H36N4O/c59-37-38-14-9-19-41(32-38)44-22-11-24-46(34-44)56-60-57(47-25-12-23-45(35-47)43-21-10-20-42(33-43)39-15-3-1-4-16-39)62-58(61-56)48-30-31-52-54(36-48)63-53-29-13-28-51(55(52)53)50-27-8-7-26-49(50)40-17-5-2-6-18-40/h1-36H. The highest BCUT2D eigenvalue weighted by Gasteiger charge is 2.19. The first kappa shape index (κ1) is 37.3. The molecule has 11 rings (SSSR count). The number of hydrogen-bond acceptors (Lipinski definition) is 5. The van der Waals surface area contributed by atoms with Crippen molar-refractivity contribution in [2.24, 2.45) is 0 Å². The summed E-state index contributed by atoms with van der Waals surface area (Å²) in [6, 6.07) is 77.0. The van der Waals surface area contributed by atoms with Crippen LogP contribution in [0.5, 0.6) is 0 Å². The average molecular weight is 805 g/mol. The van der Waals surface area contributed by atoms with E-state index in [0.717, 1.165) is 88.7 Å². The monoisotopic (exact) mass is 804 g/mol. The van der Waals surface area contributed by atoms with Crippen LogP contribution in [-0.2, 0) is 0 Å². The summed E-state index contributed by atoms with van der Waals surface area (Å²) in [6.07, 6.45) is 0. The van der Waals surface area contributed by atoms with Crippen molar-refractivity contribution in [3.05, 3.63) is 224 Å². The Bertz CT molecular complexity index is 3530. The van der Waals surface area contributed by atoms with Gasteiger partial charge in [0, 0.05) is 27.5 Å². The van der Waals surface area contributed by atoms with Gasteiger partial charge in [0.15, 0.2) is 17.5 Å². The van der Waals surface area contributed by atoms with Crippen molar-refractivity contribution in [1.82, 2.24) is 15.0 Å². The molecule has 2 heterocycles. The summed E-state index contributed by atoms with van der Waals surface area (Å²) in [6.45, 7) is 0. The molecule has 0 saturated heterocycles. The number of benzene rings is 9. The summed E-state index contributed by atoms with van der Waals surface area (Å²) in [5, 5.41) is 11.7. The third-order valence-electron chi connectivity index (χ3n) is 11.6.